The Morgan fingerprint density at radius 1 is 1.17 bits per heavy atom. The van der Waals surface area contributed by atoms with E-state index in [-0.39, 0.29) is 6.61 Å². The van der Waals surface area contributed by atoms with E-state index < -0.39 is 11.9 Å². The van der Waals surface area contributed by atoms with E-state index in [1.165, 1.54) is 0 Å². The van der Waals surface area contributed by atoms with Crippen LogP contribution in [0.1, 0.15) is 18.1 Å². The van der Waals surface area contributed by atoms with Crippen molar-refractivity contribution < 1.29 is 19.5 Å². The standard InChI is InChI=1S/C18H19NO4/c1-14(18(21)22)10-16-8-5-9-17(11-16)19(13-20)23-12-15-6-3-2-4-7-15/h2-9,11,13-14H,10,12H2,1H3,(H,21,22). The Kier molecular flexibility index (Phi) is 5.88. The van der Waals surface area contributed by atoms with E-state index in [2.05, 4.69) is 0 Å². The molecule has 0 spiro atoms. The number of hydrogen-bond donors (Lipinski definition) is 1. The molecule has 0 bridgehead atoms. The van der Waals surface area contributed by atoms with Gasteiger partial charge in [-0.3, -0.25) is 14.4 Å². The average Bonchev–Trinajstić information content (AvgIpc) is 2.56. The van der Waals surface area contributed by atoms with Gasteiger partial charge < -0.3 is 5.11 Å². The van der Waals surface area contributed by atoms with E-state index in [4.69, 9.17) is 9.94 Å². The minimum atomic E-state index is -0.844. The summed E-state index contributed by atoms with van der Waals surface area (Å²) >= 11 is 0. The number of hydroxylamine groups is 1. The number of aliphatic carboxylic acids is 1. The van der Waals surface area contributed by atoms with Gasteiger partial charge in [0.25, 0.3) is 0 Å². The molecule has 2 aromatic rings. The topological polar surface area (TPSA) is 66.8 Å². The summed E-state index contributed by atoms with van der Waals surface area (Å²) in [5.41, 5.74) is 2.37. The molecule has 0 aliphatic heterocycles. The lowest BCUT2D eigenvalue weighted by Crippen LogP contribution is -2.21. The summed E-state index contributed by atoms with van der Waals surface area (Å²) in [4.78, 5) is 27.7. The van der Waals surface area contributed by atoms with Gasteiger partial charge in [0.2, 0.25) is 6.41 Å². The number of carboxylic acids is 1. The number of anilines is 1. The lowest BCUT2D eigenvalue weighted by molar-refractivity contribution is -0.141. The molecule has 0 heterocycles. The second-order valence-electron chi connectivity index (χ2n) is 5.30. The summed E-state index contributed by atoms with van der Waals surface area (Å²) in [5.74, 6) is -1.33. The fourth-order valence-electron chi connectivity index (χ4n) is 2.15. The highest BCUT2D eigenvalue weighted by atomic mass is 16.7. The first-order valence-corrected chi connectivity index (χ1v) is 7.33. The average molecular weight is 313 g/mol. The number of carbonyl (C=O) groups excluding carboxylic acids is 1. The number of amides is 1. The smallest absolute Gasteiger partial charge is 0.306 e. The summed E-state index contributed by atoms with van der Waals surface area (Å²) in [5, 5.41) is 10.1. The Labute approximate surface area is 135 Å². The number of nitrogens with zero attached hydrogens (tertiary/aromatic N) is 1. The van der Waals surface area contributed by atoms with Crippen molar-refractivity contribution >= 4 is 18.1 Å². The molecule has 1 unspecified atom stereocenters. The zero-order valence-corrected chi connectivity index (χ0v) is 12.9. The molecule has 0 aliphatic carbocycles. The van der Waals surface area contributed by atoms with Gasteiger partial charge in [-0.15, -0.1) is 0 Å². The van der Waals surface area contributed by atoms with E-state index in [0.29, 0.717) is 18.5 Å². The van der Waals surface area contributed by atoms with E-state index in [0.717, 1.165) is 16.2 Å². The Morgan fingerprint density at radius 2 is 1.87 bits per heavy atom. The zero-order chi connectivity index (χ0) is 16.7. The molecule has 1 N–H and O–H groups in total. The van der Waals surface area contributed by atoms with Gasteiger partial charge in [-0.1, -0.05) is 49.4 Å². The van der Waals surface area contributed by atoms with Crippen LogP contribution in [0.15, 0.2) is 54.6 Å². The molecule has 1 atom stereocenters. The lowest BCUT2D eigenvalue weighted by Gasteiger charge is -2.18. The monoisotopic (exact) mass is 313 g/mol. The maximum absolute atomic E-state index is 11.3. The van der Waals surface area contributed by atoms with Gasteiger partial charge in [0.05, 0.1) is 11.6 Å². The molecule has 0 aromatic heterocycles. The van der Waals surface area contributed by atoms with Crippen LogP contribution < -0.4 is 5.06 Å². The van der Waals surface area contributed by atoms with Crippen LogP contribution in [0.25, 0.3) is 0 Å². The van der Waals surface area contributed by atoms with Crippen LogP contribution in [0.4, 0.5) is 5.69 Å². The van der Waals surface area contributed by atoms with Crippen LogP contribution in [-0.2, 0) is 27.5 Å². The first kappa shape index (κ1) is 16.7. The molecule has 120 valence electrons. The normalized spacial score (nSPS) is 11.7. The van der Waals surface area contributed by atoms with Gasteiger partial charge in [0, 0.05) is 0 Å². The van der Waals surface area contributed by atoms with Crippen LogP contribution in [-0.4, -0.2) is 17.5 Å². The molecule has 1 amide bonds. The molecule has 5 heteroatoms. The highest BCUT2D eigenvalue weighted by Crippen LogP contribution is 2.19. The SMILES string of the molecule is CC(Cc1cccc(N(C=O)OCc2ccccc2)c1)C(=O)O. The summed E-state index contributed by atoms with van der Waals surface area (Å²) < 4.78 is 0. The van der Waals surface area contributed by atoms with Crippen LogP contribution in [0.3, 0.4) is 0 Å². The molecule has 0 aliphatic rings. The van der Waals surface area contributed by atoms with Crippen molar-refractivity contribution in [3.05, 3.63) is 65.7 Å². The molecule has 2 rings (SSSR count). The van der Waals surface area contributed by atoms with Gasteiger partial charge in [-0.05, 0) is 29.7 Å². The molecule has 0 radical (unpaired) electrons. The number of carbonyl (C=O) groups is 2. The molecular formula is C18H19NO4. The van der Waals surface area contributed by atoms with Crippen LogP contribution in [0.2, 0.25) is 0 Å². The van der Waals surface area contributed by atoms with Gasteiger partial charge in [-0.25, -0.2) is 0 Å². The fourth-order valence-corrected chi connectivity index (χ4v) is 2.15. The van der Waals surface area contributed by atoms with E-state index in [9.17, 15) is 9.59 Å². The van der Waals surface area contributed by atoms with E-state index in [1.807, 2.05) is 36.4 Å². The number of carboxylic acid groups (broad SMARTS) is 1. The lowest BCUT2D eigenvalue weighted by atomic mass is 10.0. The highest BCUT2D eigenvalue weighted by molar-refractivity contribution is 5.73. The van der Waals surface area contributed by atoms with E-state index in [1.54, 1.807) is 25.1 Å². The van der Waals surface area contributed by atoms with Crippen molar-refractivity contribution in [2.24, 2.45) is 5.92 Å². The van der Waals surface area contributed by atoms with Crippen LogP contribution >= 0.6 is 0 Å². The molecule has 0 saturated heterocycles. The minimum absolute atomic E-state index is 0.273. The number of benzene rings is 2. The third-order valence-corrected chi connectivity index (χ3v) is 3.44. The van der Waals surface area contributed by atoms with Gasteiger partial charge in [0.1, 0.15) is 6.61 Å². The third kappa shape index (κ3) is 4.93. The third-order valence-electron chi connectivity index (χ3n) is 3.44. The maximum atomic E-state index is 11.3. The van der Waals surface area contributed by atoms with Gasteiger partial charge in [0.15, 0.2) is 0 Å². The Morgan fingerprint density at radius 3 is 2.52 bits per heavy atom. The molecular weight excluding hydrogens is 294 g/mol. The van der Waals surface area contributed by atoms with Crippen molar-refractivity contribution in [1.29, 1.82) is 0 Å². The number of rotatable bonds is 8. The largest absolute Gasteiger partial charge is 0.481 e. The Balaban J connectivity index is 2.05. The van der Waals surface area contributed by atoms with Crippen molar-refractivity contribution in [2.45, 2.75) is 20.0 Å². The van der Waals surface area contributed by atoms with Gasteiger partial charge in [-0.2, -0.15) is 5.06 Å². The first-order chi connectivity index (χ1) is 11.1. The second kappa shape index (κ2) is 8.10. The van der Waals surface area contributed by atoms with Crippen molar-refractivity contribution in [1.82, 2.24) is 0 Å². The highest BCUT2D eigenvalue weighted by Gasteiger charge is 2.13. The summed E-state index contributed by atoms with van der Waals surface area (Å²) in [6.45, 7) is 1.92. The Bertz CT molecular complexity index is 657. The predicted molar refractivity (Wildman–Crippen MR) is 86.7 cm³/mol. The van der Waals surface area contributed by atoms with Crippen molar-refractivity contribution in [2.75, 3.05) is 5.06 Å². The molecule has 23 heavy (non-hydrogen) atoms. The minimum Gasteiger partial charge on any atom is -0.481 e. The molecule has 5 nitrogen and oxygen atoms in total. The predicted octanol–water partition coefficient (Wildman–Crippen LogP) is 3.04. The summed E-state index contributed by atoms with van der Waals surface area (Å²) in [6, 6.07) is 16.7. The molecule has 2 aromatic carbocycles. The zero-order valence-electron chi connectivity index (χ0n) is 12.9. The van der Waals surface area contributed by atoms with Crippen LogP contribution in [0.5, 0.6) is 0 Å². The molecule has 0 saturated carbocycles. The maximum Gasteiger partial charge on any atom is 0.306 e. The molecule has 0 fully saturated rings. The van der Waals surface area contributed by atoms with E-state index >= 15 is 0 Å². The van der Waals surface area contributed by atoms with Crippen molar-refractivity contribution in [3.63, 3.8) is 0 Å². The second-order valence-corrected chi connectivity index (χ2v) is 5.30. The number of hydrogen-bond acceptors (Lipinski definition) is 3. The fraction of sp³-hybridized carbons (Fsp3) is 0.222. The first-order valence-electron chi connectivity index (χ1n) is 7.33. The summed E-state index contributed by atoms with van der Waals surface area (Å²) in [7, 11) is 0. The summed E-state index contributed by atoms with van der Waals surface area (Å²) in [6.07, 6.45) is 0.997. The van der Waals surface area contributed by atoms with Crippen LogP contribution in [0, 0.1) is 5.92 Å². The Hall–Kier alpha value is -2.66. The van der Waals surface area contributed by atoms with Crippen molar-refractivity contribution in [3.8, 4) is 0 Å². The quantitative estimate of drug-likeness (QED) is 0.601. The van der Waals surface area contributed by atoms with Gasteiger partial charge >= 0.3 is 5.97 Å².